The van der Waals surface area contributed by atoms with E-state index in [9.17, 15) is 9.59 Å². The molecule has 0 saturated carbocycles. The van der Waals surface area contributed by atoms with Gasteiger partial charge in [-0.2, -0.15) is 0 Å². The van der Waals surface area contributed by atoms with E-state index in [-0.39, 0.29) is 11.9 Å². The van der Waals surface area contributed by atoms with E-state index >= 15 is 0 Å². The Hall–Kier alpha value is -3.25. The Balaban J connectivity index is 1.49. The summed E-state index contributed by atoms with van der Waals surface area (Å²) in [5.74, 6) is -0.0239. The molecule has 0 saturated heterocycles. The molecule has 30 heavy (non-hydrogen) atoms. The SMILES string of the molecule is CSc1cccc(NC(=O)Nc2ccc3c(c2)N(C(=O)c2ccc(C)cc2)CC3)c1. The molecule has 0 spiro atoms. The Morgan fingerprint density at radius 3 is 2.40 bits per heavy atom. The van der Waals surface area contributed by atoms with Crippen molar-refractivity contribution in [2.45, 2.75) is 18.2 Å². The maximum atomic E-state index is 13.0. The molecule has 0 radical (unpaired) electrons. The van der Waals surface area contributed by atoms with Crippen molar-refractivity contribution in [3.05, 3.63) is 83.4 Å². The second kappa shape index (κ2) is 8.63. The number of nitrogens with one attached hydrogen (secondary N) is 2. The van der Waals surface area contributed by atoms with E-state index < -0.39 is 0 Å². The van der Waals surface area contributed by atoms with Crippen LogP contribution >= 0.6 is 11.8 Å². The molecule has 1 heterocycles. The van der Waals surface area contributed by atoms with Crippen LogP contribution in [0, 0.1) is 6.92 Å². The van der Waals surface area contributed by atoms with Crippen LogP contribution in [-0.2, 0) is 6.42 Å². The van der Waals surface area contributed by atoms with Crippen molar-refractivity contribution < 1.29 is 9.59 Å². The number of amides is 3. The van der Waals surface area contributed by atoms with Crippen molar-refractivity contribution in [1.29, 1.82) is 0 Å². The first kappa shape index (κ1) is 20.0. The van der Waals surface area contributed by atoms with E-state index in [2.05, 4.69) is 10.6 Å². The highest BCUT2D eigenvalue weighted by Crippen LogP contribution is 2.32. The van der Waals surface area contributed by atoms with Gasteiger partial charge in [0, 0.05) is 34.1 Å². The quantitative estimate of drug-likeness (QED) is 0.546. The van der Waals surface area contributed by atoms with Gasteiger partial charge in [-0.05, 0) is 67.6 Å². The van der Waals surface area contributed by atoms with Gasteiger partial charge >= 0.3 is 6.03 Å². The maximum absolute atomic E-state index is 13.0. The Morgan fingerprint density at radius 2 is 1.67 bits per heavy atom. The zero-order valence-corrected chi connectivity index (χ0v) is 17.8. The molecule has 1 aliphatic rings. The first-order valence-corrected chi connectivity index (χ1v) is 11.0. The van der Waals surface area contributed by atoms with Gasteiger partial charge in [-0.15, -0.1) is 11.8 Å². The van der Waals surface area contributed by atoms with Gasteiger partial charge in [0.15, 0.2) is 0 Å². The van der Waals surface area contributed by atoms with Gasteiger partial charge in [0.05, 0.1) is 0 Å². The smallest absolute Gasteiger partial charge is 0.308 e. The molecule has 0 aromatic heterocycles. The van der Waals surface area contributed by atoms with Gasteiger partial charge in [-0.25, -0.2) is 4.79 Å². The lowest BCUT2D eigenvalue weighted by Gasteiger charge is -2.18. The fourth-order valence-electron chi connectivity index (χ4n) is 3.51. The van der Waals surface area contributed by atoms with Crippen molar-refractivity contribution in [3.63, 3.8) is 0 Å². The lowest BCUT2D eigenvalue weighted by Crippen LogP contribution is -2.29. The molecule has 152 valence electrons. The third-order valence-corrected chi connectivity index (χ3v) is 5.84. The number of fused-ring (bicyclic) bond motifs is 1. The molecule has 3 aromatic rings. The molecule has 0 bridgehead atoms. The minimum absolute atomic E-state index is 0.0239. The van der Waals surface area contributed by atoms with Crippen molar-refractivity contribution >= 4 is 40.8 Å². The fourth-order valence-corrected chi connectivity index (χ4v) is 3.97. The summed E-state index contributed by atoms with van der Waals surface area (Å²) in [5, 5.41) is 5.72. The van der Waals surface area contributed by atoms with Crippen molar-refractivity contribution in [3.8, 4) is 0 Å². The molecular weight excluding hydrogens is 394 g/mol. The molecule has 2 N–H and O–H groups in total. The zero-order chi connectivity index (χ0) is 21.1. The minimum atomic E-state index is -0.317. The number of benzene rings is 3. The summed E-state index contributed by atoms with van der Waals surface area (Å²) in [7, 11) is 0. The highest BCUT2D eigenvalue weighted by molar-refractivity contribution is 7.98. The van der Waals surface area contributed by atoms with Gasteiger partial charge < -0.3 is 15.5 Å². The van der Waals surface area contributed by atoms with Crippen LogP contribution in [0.3, 0.4) is 0 Å². The summed E-state index contributed by atoms with van der Waals surface area (Å²) in [4.78, 5) is 28.3. The average Bonchev–Trinajstić information content (AvgIpc) is 3.17. The molecule has 0 aliphatic carbocycles. The molecule has 5 nitrogen and oxygen atoms in total. The van der Waals surface area contributed by atoms with Crippen LogP contribution in [0.15, 0.2) is 71.6 Å². The average molecular weight is 418 g/mol. The lowest BCUT2D eigenvalue weighted by atomic mass is 10.1. The van der Waals surface area contributed by atoms with Gasteiger partial charge in [-0.3, -0.25) is 4.79 Å². The number of aryl methyl sites for hydroxylation is 1. The van der Waals surface area contributed by atoms with Crippen LogP contribution in [-0.4, -0.2) is 24.7 Å². The van der Waals surface area contributed by atoms with Gasteiger partial charge in [0.1, 0.15) is 0 Å². The zero-order valence-electron chi connectivity index (χ0n) is 16.9. The minimum Gasteiger partial charge on any atom is -0.308 e. The van der Waals surface area contributed by atoms with Crippen LogP contribution in [0.25, 0.3) is 0 Å². The normalized spacial score (nSPS) is 12.4. The summed E-state index contributed by atoms with van der Waals surface area (Å²) in [6.45, 7) is 2.64. The van der Waals surface area contributed by atoms with E-state index in [1.807, 2.05) is 79.9 Å². The number of hydrogen-bond acceptors (Lipinski definition) is 3. The molecule has 0 fully saturated rings. The Kier molecular flexibility index (Phi) is 5.77. The predicted octanol–water partition coefficient (Wildman–Crippen LogP) is 5.56. The van der Waals surface area contributed by atoms with Crippen LogP contribution in [0.5, 0.6) is 0 Å². The van der Waals surface area contributed by atoms with E-state index in [0.717, 1.165) is 33.8 Å². The van der Waals surface area contributed by atoms with Crippen molar-refractivity contribution in [2.24, 2.45) is 0 Å². The first-order chi connectivity index (χ1) is 14.5. The number of urea groups is 1. The van der Waals surface area contributed by atoms with Crippen molar-refractivity contribution in [1.82, 2.24) is 0 Å². The number of carbonyl (C=O) groups is 2. The van der Waals surface area contributed by atoms with Gasteiger partial charge in [0.25, 0.3) is 5.91 Å². The first-order valence-electron chi connectivity index (χ1n) is 9.77. The van der Waals surface area contributed by atoms with E-state index in [4.69, 9.17) is 0 Å². The molecule has 0 unspecified atom stereocenters. The van der Waals surface area contributed by atoms with Crippen LogP contribution in [0.4, 0.5) is 21.9 Å². The number of thioether (sulfide) groups is 1. The summed E-state index contributed by atoms with van der Waals surface area (Å²) in [5.41, 5.74) is 5.12. The van der Waals surface area contributed by atoms with E-state index in [1.165, 1.54) is 0 Å². The Morgan fingerprint density at radius 1 is 0.933 bits per heavy atom. The molecule has 1 aliphatic heterocycles. The van der Waals surface area contributed by atoms with Crippen LogP contribution in [0.2, 0.25) is 0 Å². The van der Waals surface area contributed by atoms with E-state index in [0.29, 0.717) is 17.8 Å². The van der Waals surface area contributed by atoms with Crippen LogP contribution in [0.1, 0.15) is 21.5 Å². The number of hydrogen-bond donors (Lipinski definition) is 2. The monoisotopic (exact) mass is 417 g/mol. The predicted molar refractivity (Wildman–Crippen MR) is 124 cm³/mol. The highest BCUT2D eigenvalue weighted by atomic mass is 32.2. The second-order valence-corrected chi connectivity index (χ2v) is 8.11. The number of nitrogens with zero attached hydrogens (tertiary/aromatic N) is 1. The molecule has 3 aromatic carbocycles. The summed E-state index contributed by atoms with van der Waals surface area (Å²) < 4.78 is 0. The number of rotatable bonds is 4. The van der Waals surface area contributed by atoms with E-state index in [1.54, 1.807) is 16.7 Å². The summed E-state index contributed by atoms with van der Waals surface area (Å²) in [6, 6.07) is 20.7. The highest BCUT2D eigenvalue weighted by Gasteiger charge is 2.26. The van der Waals surface area contributed by atoms with Crippen LogP contribution < -0.4 is 15.5 Å². The second-order valence-electron chi connectivity index (χ2n) is 7.23. The third-order valence-electron chi connectivity index (χ3n) is 5.11. The number of carbonyl (C=O) groups excluding carboxylic acids is 2. The fraction of sp³-hybridized carbons (Fsp3) is 0.167. The Labute approximate surface area is 180 Å². The standard InChI is InChI=1S/C24H23N3O2S/c1-16-6-8-18(9-7-16)23(28)27-13-12-17-10-11-20(15-22(17)27)26-24(29)25-19-4-3-5-21(14-19)30-2/h3-11,14-15H,12-13H2,1-2H3,(H2,25,26,29). The largest absolute Gasteiger partial charge is 0.323 e. The summed E-state index contributed by atoms with van der Waals surface area (Å²) in [6.07, 6.45) is 2.80. The topological polar surface area (TPSA) is 61.4 Å². The maximum Gasteiger partial charge on any atom is 0.323 e. The molecule has 0 atom stereocenters. The lowest BCUT2D eigenvalue weighted by molar-refractivity contribution is 0.0989. The molecular formula is C24H23N3O2S. The molecule has 6 heteroatoms. The molecule has 4 rings (SSSR count). The summed E-state index contributed by atoms with van der Waals surface area (Å²) >= 11 is 1.62. The number of anilines is 3. The van der Waals surface area contributed by atoms with Gasteiger partial charge in [0.2, 0.25) is 0 Å². The third kappa shape index (κ3) is 4.33. The Bertz CT molecular complexity index is 1100. The van der Waals surface area contributed by atoms with Crippen molar-refractivity contribution in [2.75, 3.05) is 28.3 Å². The van der Waals surface area contributed by atoms with Gasteiger partial charge in [-0.1, -0.05) is 29.8 Å². The molecule has 3 amide bonds.